The lowest BCUT2D eigenvalue weighted by molar-refractivity contribution is 0.332. The van der Waals surface area contributed by atoms with Gasteiger partial charge in [-0.2, -0.15) is 10.1 Å². The molecule has 0 aliphatic heterocycles. The molecule has 0 fully saturated rings. The van der Waals surface area contributed by atoms with Crippen molar-refractivity contribution in [3.63, 3.8) is 0 Å². The van der Waals surface area contributed by atoms with Crippen LogP contribution in [-0.2, 0) is 7.05 Å². The molecular weight excluding hydrogens is 368 g/mol. The molecule has 8 nitrogen and oxygen atoms in total. The molecule has 0 aliphatic rings. The standard InChI is InChI=1S/C21H22N6O2/c1-27-19(22)17-18(14-7-6-10-16(13-14)28-2)24-21(25-20(17)26-27)23-11-12-29-15-8-4-3-5-9-15/h3-10,13H,11-12,22H2,1-2H3,(H,23,25,26). The third-order valence-electron chi connectivity index (χ3n) is 4.48. The van der Waals surface area contributed by atoms with Crippen molar-refractivity contribution in [3.8, 4) is 22.8 Å². The number of benzene rings is 2. The molecule has 0 unspecified atom stereocenters. The fourth-order valence-electron chi connectivity index (χ4n) is 3.02. The predicted octanol–water partition coefficient (Wildman–Crippen LogP) is 3.11. The zero-order chi connectivity index (χ0) is 20.2. The Labute approximate surface area is 168 Å². The molecule has 29 heavy (non-hydrogen) atoms. The van der Waals surface area contributed by atoms with Crippen LogP contribution in [0.2, 0.25) is 0 Å². The van der Waals surface area contributed by atoms with Gasteiger partial charge in [0.15, 0.2) is 5.65 Å². The second kappa shape index (κ2) is 8.05. The number of nitrogens with two attached hydrogens (primary N) is 1. The van der Waals surface area contributed by atoms with Gasteiger partial charge in [-0.05, 0) is 24.3 Å². The molecule has 4 aromatic rings. The van der Waals surface area contributed by atoms with E-state index in [1.54, 1.807) is 18.8 Å². The minimum atomic E-state index is 0.463. The number of methoxy groups -OCH3 is 1. The fraction of sp³-hybridized carbons (Fsp3) is 0.190. The summed E-state index contributed by atoms with van der Waals surface area (Å²) in [5.41, 5.74) is 8.34. The Bertz CT molecular complexity index is 1130. The molecule has 0 saturated heterocycles. The highest BCUT2D eigenvalue weighted by molar-refractivity contribution is 5.99. The van der Waals surface area contributed by atoms with E-state index in [2.05, 4.69) is 15.4 Å². The van der Waals surface area contributed by atoms with E-state index in [1.807, 2.05) is 54.6 Å². The first-order valence-electron chi connectivity index (χ1n) is 9.22. The van der Waals surface area contributed by atoms with E-state index < -0.39 is 0 Å². The predicted molar refractivity (Wildman–Crippen MR) is 113 cm³/mol. The lowest BCUT2D eigenvalue weighted by Crippen LogP contribution is -2.13. The fourth-order valence-corrected chi connectivity index (χ4v) is 3.02. The lowest BCUT2D eigenvalue weighted by Gasteiger charge is -2.10. The van der Waals surface area contributed by atoms with E-state index in [-0.39, 0.29) is 0 Å². The van der Waals surface area contributed by atoms with Crippen molar-refractivity contribution in [1.82, 2.24) is 19.7 Å². The van der Waals surface area contributed by atoms with E-state index in [4.69, 9.17) is 20.2 Å². The Morgan fingerprint density at radius 3 is 2.62 bits per heavy atom. The summed E-state index contributed by atoms with van der Waals surface area (Å²) in [7, 11) is 3.42. The van der Waals surface area contributed by atoms with Gasteiger partial charge in [-0.3, -0.25) is 4.68 Å². The number of nitrogen functional groups attached to an aromatic ring is 1. The van der Waals surface area contributed by atoms with E-state index in [9.17, 15) is 0 Å². The topological polar surface area (TPSA) is 100 Å². The number of nitrogens with zero attached hydrogens (tertiary/aromatic N) is 4. The van der Waals surface area contributed by atoms with Crippen molar-refractivity contribution < 1.29 is 9.47 Å². The van der Waals surface area contributed by atoms with Gasteiger partial charge in [0.25, 0.3) is 0 Å². The molecule has 4 rings (SSSR count). The Morgan fingerprint density at radius 1 is 1.03 bits per heavy atom. The first kappa shape index (κ1) is 18.5. The monoisotopic (exact) mass is 390 g/mol. The molecule has 0 radical (unpaired) electrons. The molecule has 0 aliphatic carbocycles. The van der Waals surface area contributed by atoms with Gasteiger partial charge in [0.2, 0.25) is 5.95 Å². The lowest BCUT2D eigenvalue weighted by atomic mass is 10.1. The summed E-state index contributed by atoms with van der Waals surface area (Å²) in [6.45, 7) is 1.02. The Kier molecular flexibility index (Phi) is 5.15. The zero-order valence-corrected chi connectivity index (χ0v) is 16.3. The molecular formula is C21H22N6O2. The summed E-state index contributed by atoms with van der Waals surface area (Å²) in [6.07, 6.45) is 0. The quantitative estimate of drug-likeness (QED) is 0.468. The molecule has 0 spiro atoms. The van der Waals surface area contributed by atoms with Gasteiger partial charge in [0, 0.05) is 12.6 Å². The van der Waals surface area contributed by atoms with E-state index >= 15 is 0 Å². The van der Waals surface area contributed by atoms with Gasteiger partial charge in [0.05, 0.1) is 24.7 Å². The van der Waals surface area contributed by atoms with Gasteiger partial charge in [-0.1, -0.05) is 30.3 Å². The van der Waals surface area contributed by atoms with Crippen molar-refractivity contribution >= 4 is 22.8 Å². The van der Waals surface area contributed by atoms with E-state index in [0.717, 1.165) is 17.1 Å². The van der Waals surface area contributed by atoms with Crippen LogP contribution in [0.25, 0.3) is 22.3 Å². The SMILES string of the molecule is COc1cccc(-c2nc(NCCOc3ccccc3)nc3nn(C)c(N)c23)c1. The van der Waals surface area contributed by atoms with Crippen LogP contribution >= 0.6 is 0 Å². The Hall–Kier alpha value is -3.81. The molecule has 2 aromatic heterocycles. The normalized spacial score (nSPS) is 10.8. The average Bonchev–Trinajstić information content (AvgIpc) is 3.05. The van der Waals surface area contributed by atoms with Crippen LogP contribution < -0.4 is 20.5 Å². The minimum absolute atomic E-state index is 0.463. The van der Waals surface area contributed by atoms with Crippen molar-refractivity contribution in [2.24, 2.45) is 7.05 Å². The van der Waals surface area contributed by atoms with E-state index in [1.165, 1.54) is 0 Å². The van der Waals surface area contributed by atoms with Crippen LogP contribution in [0.3, 0.4) is 0 Å². The number of hydrogen-bond donors (Lipinski definition) is 2. The van der Waals surface area contributed by atoms with Crippen LogP contribution in [0.1, 0.15) is 0 Å². The van der Waals surface area contributed by atoms with Gasteiger partial charge in [-0.15, -0.1) is 0 Å². The van der Waals surface area contributed by atoms with Crippen LogP contribution in [-0.4, -0.2) is 40.0 Å². The Morgan fingerprint density at radius 2 is 1.83 bits per heavy atom. The molecule has 8 heteroatoms. The van der Waals surface area contributed by atoms with Crippen LogP contribution in [0.4, 0.5) is 11.8 Å². The van der Waals surface area contributed by atoms with Crippen molar-refractivity contribution in [2.75, 3.05) is 31.3 Å². The highest BCUT2D eigenvalue weighted by Gasteiger charge is 2.17. The maximum atomic E-state index is 6.23. The highest BCUT2D eigenvalue weighted by atomic mass is 16.5. The summed E-state index contributed by atoms with van der Waals surface area (Å²) in [4.78, 5) is 9.21. The summed E-state index contributed by atoms with van der Waals surface area (Å²) in [5.74, 6) is 2.53. The molecule has 0 amide bonds. The molecule has 0 atom stereocenters. The second-order valence-corrected chi connectivity index (χ2v) is 6.42. The number of aryl methyl sites for hydroxylation is 1. The average molecular weight is 390 g/mol. The van der Waals surface area contributed by atoms with Crippen molar-refractivity contribution in [1.29, 1.82) is 0 Å². The summed E-state index contributed by atoms with van der Waals surface area (Å²) in [5, 5.41) is 8.34. The Balaban J connectivity index is 1.61. The smallest absolute Gasteiger partial charge is 0.225 e. The molecule has 3 N–H and O–H groups in total. The number of nitrogens with one attached hydrogen (secondary N) is 1. The van der Waals surface area contributed by atoms with Gasteiger partial charge >= 0.3 is 0 Å². The van der Waals surface area contributed by atoms with E-state index in [0.29, 0.717) is 41.6 Å². The van der Waals surface area contributed by atoms with Crippen LogP contribution in [0, 0.1) is 0 Å². The molecule has 2 aromatic carbocycles. The number of aromatic nitrogens is 4. The number of anilines is 2. The zero-order valence-electron chi connectivity index (χ0n) is 16.3. The molecule has 148 valence electrons. The molecule has 0 saturated carbocycles. The van der Waals surface area contributed by atoms with Crippen LogP contribution in [0.5, 0.6) is 11.5 Å². The van der Waals surface area contributed by atoms with Gasteiger partial charge in [0.1, 0.15) is 23.9 Å². The van der Waals surface area contributed by atoms with Gasteiger partial charge in [-0.25, -0.2) is 4.98 Å². The molecule has 0 bridgehead atoms. The van der Waals surface area contributed by atoms with Crippen molar-refractivity contribution in [3.05, 3.63) is 54.6 Å². The van der Waals surface area contributed by atoms with Gasteiger partial charge < -0.3 is 20.5 Å². The third-order valence-corrected chi connectivity index (χ3v) is 4.48. The third kappa shape index (κ3) is 3.91. The number of fused-ring (bicyclic) bond motifs is 1. The summed E-state index contributed by atoms with van der Waals surface area (Å²) >= 11 is 0. The minimum Gasteiger partial charge on any atom is -0.497 e. The number of hydrogen-bond acceptors (Lipinski definition) is 7. The highest BCUT2D eigenvalue weighted by Crippen LogP contribution is 2.32. The number of para-hydroxylation sites is 1. The largest absolute Gasteiger partial charge is 0.497 e. The van der Waals surface area contributed by atoms with Crippen LogP contribution in [0.15, 0.2) is 54.6 Å². The maximum Gasteiger partial charge on any atom is 0.225 e. The molecule has 2 heterocycles. The number of ether oxygens (including phenoxy) is 2. The number of rotatable bonds is 7. The first-order chi connectivity index (χ1) is 14.2. The second-order valence-electron chi connectivity index (χ2n) is 6.42. The maximum absolute atomic E-state index is 6.23. The van der Waals surface area contributed by atoms with Crippen molar-refractivity contribution in [2.45, 2.75) is 0 Å². The summed E-state index contributed by atoms with van der Waals surface area (Å²) in [6, 6.07) is 17.3. The first-order valence-corrected chi connectivity index (χ1v) is 9.22. The summed E-state index contributed by atoms with van der Waals surface area (Å²) < 4.78 is 12.7.